The fourth-order valence-electron chi connectivity index (χ4n) is 4.14. The first-order chi connectivity index (χ1) is 11.1. The molecule has 3 rings (SSSR count). The lowest BCUT2D eigenvalue weighted by Gasteiger charge is -2.37. The predicted octanol–water partition coefficient (Wildman–Crippen LogP) is 0.745. The standard InChI is InChI=1S/C17H26N2O4/c1-11(17(22)19-5-7-23-8-6-19)18-16(21)14-9-12-3-2-4-13(10-14)15(12)20/h11-14H,2-10H2,1H3,(H,18,21). The van der Waals surface area contributed by atoms with Crippen molar-refractivity contribution in [1.29, 1.82) is 0 Å². The van der Waals surface area contributed by atoms with E-state index in [4.69, 9.17) is 4.74 Å². The number of Topliss-reactive ketones (excluding diaryl/α,β-unsaturated/α-hetero) is 1. The maximum Gasteiger partial charge on any atom is 0.245 e. The van der Waals surface area contributed by atoms with Gasteiger partial charge in [0.1, 0.15) is 11.8 Å². The number of ether oxygens (including phenoxy) is 1. The molecule has 23 heavy (non-hydrogen) atoms. The molecule has 128 valence electrons. The first-order valence-electron chi connectivity index (χ1n) is 8.77. The number of fused-ring (bicyclic) bond motifs is 2. The Morgan fingerprint density at radius 2 is 1.78 bits per heavy atom. The third kappa shape index (κ3) is 3.57. The van der Waals surface area contributed by atoms with Gasteiger partial charge in [0, 0.05) is 30.8 Å². The molecule has 2 amide bonds. The van der Waals surface area contributed by atoms with E-state index in [0.717, 1.165) is 19.3 Å². The van der Waals surface area contributed by atoms with Crippen LogP contribution in [0.1, 0.15) is 39.0 Å². The summed E-state index contributed by atoms with van der Waals surface area (Å²) in [5.41, 5.74) is 0. The normalized spacial score (nSPS) is 32.3. The molecule has 2 saturated carbocycles. The van der Waals surface area contributed by atoms with E-state index in [-0.39, 0.29) is 29.6 Å². The second kappa shape index (κ2) is 6.99. The monoisotopic (exact) mass is 322 g/mol. The van der Waals surface area contributed by atoms with E-state index in [1.54, 1.807) is 11.8 Å². The summed E-state index contributed by atoms with van der Waals surface area (Å²) in [5.74, 6) is 0.241. The van der Waals surface area contributed by atoms with Crippen LogP contribution in [0.25, 0.3) is 0 Å². The molecule has 0 aromatic carbocycles. The SMILES string of the molecule is CC(NC(=O)C1CC2CCCC(C1)C2=O)C(=O)N1CCOCC1. The van der Waals surface area contributed by atoms with Gasteiger partial charge in [-0.05, 0) is 32.6 Å². The topological polar surface area (TPSA) is 75.7 Å². The number of carbonyl (C=O) groups excluding carboxylic acids is 3. The third-order valence-electron chi connectivity index (χ3n) is 5.47. The summed E-state index contributed by atoms with van der Waals surface area (Å²) < 4.78 is 5.25. The molecule has 2 bridgehead atoms. The van der Waals surface area contributed by atoms with Gasteiger partial charge < -0.3 is 15.0 Å². The molecule has 1 N–H and O–H groups in total. The number of morpholine rings is 1. The van der Waals surface area contributed by atoms with Gasteiger partial charge in [0.2, 0.25) is 11.8 Å². The molecular weight excluding hydrogens is 296 g/mol. The molecule has 1 aliphatic heterocycles. The molecule has 6 nitrogen and oxygen atoms in total. The van der Waals surface area contributed by atoms with Gasteiger partial charge in [0.25, 0.3) is 0 Å². The fourth-order valence-corrected chi connectivity index (χ4v) is 4.14. The van der Waals surface area contributed by atoms with E-state index in [1.807, 2.05) is 0 Å². The molecule has 3 aliphatic rings. The zero-order chi connectivity index (χ0) is 16.4. The van der Waals surface area contributed by atoms with Crippen LogP contribution in [0.15, 0.2) is 0 Å². The molecule has 6 heteroatoms. The van der Waals surface area contributed by atoms with Crippen LogP contribution in [0.4, 0.5) is 0 Å². The van der Waals surface area contributed by atoms with E-state index >= 15 is 0 Å². The van der Waals surface area contributed by atoms with Crippen molar-refractivity contribution < 1.29 is 19.1 Å². The summed E-state index contributed by atoms with van der Waals surface area (Å²) in [7, 11) is 0. The number of ketones is 1. The molecule has 1 saturated heterocycles. The van der Waals surface area contributed by atoms with Crippen LogP contribution >= 0.6 is 0 Å². The lowest BCUT2D eigenvalue weighted by Crippen LogP contribution is -2.52. The molecular formula is C17H26N2O4. The maximum atomic E-state index is 12.5. The van der Waals surface area contributed by atoms with E-state index < -0.39 is 6.04 Å². The Hall–Kier alpha value is -1.43. The molecule has 2 aliphatic carbocycles. The minimum atomic E-state index is -0.516. The second-order valence-corrected chi connectivity index (χ2v) is 7.06. The van der Waals surface area contributed by atoms with Gasteiger partial charge in [0.05, 0.1) is 13.2 Å². The number of hydrogen-bond donors (Lipinski definition) is 1. The van der Waals surface area contributed by atoms with Gasteiger partial charge in [-0.1, -0.05) is 6.42 Å². The lowest BCUT2D eigenvalue weighted by atomic mass is 9.67. The first-order valence-corrected chi connectivity index (χ1v) is 8.77. The van der Waals surface area contributed by atoms with Crippen LogP contribution in [0.3, 0.4) is 0 Å². The van der Waals surface area contributed by atoms with Crippen molar-refractivity contribution in [2.45, 2.75) is 45.1 Å². The Kier molecular flexibility index (Phi) is 4.99. The quantitative estimate of drug-likeness (QED) is 0.832. The van der Waals surface area contributed by atoms with E-state index in [9.17, 15) is 14.4 Å². The van der Waals surface area contributed by atoms with Gasteiger partial charge in [-0.25, -0.2) is 0 Å². The number of carbonyl (C=O) groups is 3. The maximum absolute atomic E-state index is 12.5. The van der Waals surface area contributed by atoms with Crippen molar-refractivity contribution >= 4 is 17.6 Å². The number of nitrogens with zero attached hydrogens (tertiary/aromatic N) is 1. The Morgan fingerprint density at radius 3 is 2.39 bits per heavy atom. The van der Waals surface area contributed by atoms with Crippen molar-refractivity contribution in [2.75, 3.05) is 26.3 Å². The molecule has 3 unspecified atom stereocenters. The zero-order valence-corrected chi connectivity index (χ0v) is 13.8. The Bertz CT molecular complexity index is 471. The van der Waals surface area contributed by atoms with Gasteiger partial charge in [-0.15, -0.1) is 0 Å². The molecule has 1 heterocycles. The van der Waals surface area contributed by atoms with Crippen LogP contribution in [0, 0.1) is 17.8 Å². The minimum absolute atomic E-state index is 0.0475. The minimum Gasteiger partial charge on any atom is -0.378 e. The highest BCUT2D eigenvalue weighted by Crippen LogP contribution is 2.40. The van der Waals surface area contributed by atoms with Crippen molar-refractivity contribution in [2.24, 2.45) is 17.8 Å². The summed E-state index contributed by atoms with van der Waals surface area (Å²) in [5, 5.41) is 2.87. The van der Waals surface area contributed by atoms with Gasteiger partial charge in [-0.2, -0.15) is 0 Å². The van der Waals surface area contributed by atoms with Crippen molar-refractivity contribution in [1.82, 2.24) is 10.2 Å². The Morgan fingerprint density at radius 1 is 1.17 bits per heavy atom. The smallest absolute Gasteiger partial charge is 0.245 e. The van der Waals surface area contributed by atoms with Gasteiger partial charge in [0.15, 0.2) is 0 Å². The summed E-state index contributed by atoms with van der Waals surface area (Å²) in [6.45, 7) is 4.02. The molecule has 3 atom stereocenters. The molecule has 0 spiro atoms. The average molecular weight is 322 g/mol. The Labute approximate surface area is 136 Å². The van der Waals surface area contributed by atoms with Gasteiger partial charge >= 0.3 is 0 Å². The van der Waals surface area contributed by atoms with E-state index in [0.29, 0.717) is 44.9 Å². The lowest BCUT2D eigenvalue weighted by molar-refractivity contribution is -0.142. The Balaban J connectivity index is 1.54. The molecule has 0 radical (unpaired) electrons. The largest absolute Gasteiger partial charge is 0.378 e. The van der Waals surface area contributed by atoms with Crippen LogP contribution < -0.4 is 5.32 Å². The van der Waals surface area contributed by atoms with Crippen molar-refractivity contribution in [3.8, 4) is 0 Å². The van der Waals surface area contributed by atoms with Crippen molar-refractivity contribution in [3.05, 3.63) is 0 Å². The van der Waals surface area contributed by atoms with E-state index in [2.05, 4.69) is 5.32 Å². The highest BCUT2D eigenvalue weighted by atomic mass is 16.5. The number of amides is 2. The van der Waals surface area contributed by atoms with Gasteiger partial charge in [-0.3, -0.25) is 14.4 Å². The van der Waals surface area contributed by atoms with E-state index in [1.165, 1.54) is 0 Å². The summed E-state index contributed by atoms with van der Waals surface area (Å²) in [6.07, 6.45) is 4.24. The molecule has 0 aromatic heterocycles. The first kappa shape index (κ1) is 16.4. The summed E-state index contributed by atoms with van der Waals surface area (Å²) in [6, 6.07) is -0.516. The highest BCUT2D eigenvalue weighted by Gasteiger charge is 2.41. The molecule has 0 aromatic rings. The number of rotatable bonds is 3. The fraction of sp³-hybridized carbons (Fsp3) is 0.824. The zero-order valence-electron chi connectivity index (χ0n) is 13.8. The van der Waals surface area contributed by atoms with Crippen LogP contribution in [-0.2, 0) is 19.1 Å². The molecule has 3 fully saturated rings. The summed E-state index contributed by atoms with van der Waals surface area (Å²) >= 11 is 0. The van der Waals surface area contributed by atoms with Crippen LogP contribution in [0.2, 0.25) is 0 Å². The van der Waals surface area contributed by atoms with Crippen LogP contribution in [-0.4, -0.2) is 54.8 Å². The van der Waals surface area contributed by atoms with Crippen molar-refractivity contribution in [3.63, 3.8) is 0 Å². The number of nitrogens with one attached hydrogen (secondary N) is 1. The predicted molar refractivity (Wildman–Crippen MR) is 83.6 cm³/mol. The highest BCUT2D eigenvalue weighted by molar-refractivity contribution is 5.91. The van der Waals surface area contributed by atoms with Crippen LogP contribution in [0.5, 0.6) is 0 Å². The average Bonchev–Trinajstić information content (AvgIpc) is 2.54. The number of hydrogen-bond acceptors (Lipinski definition) is 4. The second-order valence-electron chi connectivity index (χ2n) is 7.06. The third-order valence-corrected chi connectivity index (χ3v) is 5.47. The summed E-state index contributed by atoms with van der Waals surface area (Å²) in [4.78, 5) is 38.7.